The van der Waals surface area contributed by atoms with Gasteiger partial charge >= 0.3 is 0 Å². The Hall–Kier alpha value is -1.89. The number of carbonyl (C=O) groups excluding carboxylic acids is 1. The van der Waals surface area contributed by atoms with Gasteiger partial charge in [-0.05, 0) is 46.8 Å². The predicted molar refractivity (Wildman–Crippen MR) is 94.2 cm³/mol. The number of hydrogen-bond acceptors (Lipinski definition) is 4. The minimum Gasteiger partial charge on any atom is -0.337 e. The number of nitrogens with one attached hydrogen (secondary N) is 1. The Morgan fingerprint density at radius 2 is 1.79 bits per heavy atom. The Kier molecular flexibility index (Phi) is 5.99. The zero-order chi connectivity index (χ0) is 17.9. The van der Waals surface area contributed by atoms with Crippen LogP contribution in [0.1, 0.15) is 34.6 Å². The van der Waals surface area contributed by atoms with Crippen LogP contribution in [0.25, 0.3) is 11.4 Å². The molecule has 130 valence electrons. The van der Waals surface area contributed by atoms with E-state index in [2.05, 4.69) is 15.2 Å². The fourth-order valence-corrected chi connectivity index (χ4v) is 3.38. The number of nitrogens with zero attached hydrogens (tertiary/aromatic N) is 3. The summed E-state index contributed by atoms with van der Waals surface area (Å²) in [5.74, 6) is 0.0437. The number of amides is 1. The molecule has 1 heterocycles. The number of aromatic nitrogens is 3. The zero-order valence-corrected chi connectivity index (χ0v) is 15.4. The van der Waals surface area contributed by atoms with Crippen molar-refractivity contribution in [3.8, 4) is 11.4 Å². The highest BCUT2D eigenvalue weighted by Crippen LogP contribution is 2.25. The highest BCUT2D eigenvalue weighted by Gasteiger charge is 2.26. The van der Waals surface area contributed by atoms with E-state index in [-0.39, 0.29) is 29.1 Å². The fourth-order valence-electron chi connectivity index (χ4n) is 2.60. The second kappa shape index (κ2) is 7.79. The summed E-state index contributed by atoms with van der Waals surface area (Å²) in [6.45, 7) is 9.83. The van der Waals surface area contributed by atoms with Crippen LogP contribution < -0.4 is 0 Å². The van der Waals surface area contributed by atoms with Crippen molar-refractivity contribution in [2.24, 2.45) is 0 Å². The van der Waals surface area contributed by atoms with E-state index in [1.807, 2.05) is 39.5 Å². The number of carbonyl (C=O) groups is 1. The van der Waals surface area contributed by atoms with E-state index >= 15 is 0 Å². The van der Waals surface area contributed by atoms with Crippen molar-refractivity contribution in [2.75, 3.05) is 0 Å². The second-order valence-electron chi connectivity index (χ2n) is 6.14. The molecule has 0 saturated carbocycles. The van der Waals surface area contributed by atoms with Crippen molar-refractivity contribution in [2.45, 2.75) is 57.1 Å². The topological polar surface area (TPSA) is 61.9 Å². The van der Waals surface area contributed by atoms with Gasteiger partial charge in [0.1, 0.15) is 5.82 Å². The lowest BCUT2D eigenvalue weighted by Gasteiger charge is -2.32. The molecule has 24 heavy (non-hydrogen) atoms. The number of H-pyrrole nitrogens is 1. The Morgan fingerprint density at radius 3 is 2.38 bits per heavy atom. The van der Waals surface area contributed by atoms with Gasteiger partial charge in [0.2, 0.25) is 11.1 Å². The van der Waals surface area contributed by atoms with Crippen molar-refractivity contribution in [3.63, 3.8) is 0 Å². The Morgan fingerprint density at radius 1 is 1.17 bits per heavy atom. The first-order valence-corrected chi connectivity index (χ1v) is 8.85. The molecular formula is C17H23FN4OS. The maximum absolute atomic E-state index is 13.8. The van der Waals surface area contributed by atoms with Gasteiger partial charge in [0.25, 0.3) is 0 Å². The molecule has 0 saturated heterocycles. The SMILES string of the molecule is CC(C)N(C(=O)[C@H](C)Sc1n[nH]c(-c2ccccc2F)n1)C(C)C. The number of thioether (sulfide) groups is 1. The molecule has 0 bridgehead atoms. The highest BCUT2D eigenvalue weighted by molar-refractivity contribution is 8.00. The number of benzene rings is 1. The lowest BCUT2D eigenvalue weighted by Crippen LogP contribution is -2.45. The van der Waals surface area contributed by atoms with Gasteiger partial charge in [0, 0.05) is 12.1 Å². The Balaban J connectivity index is 2.12. The van der Waals surface area contributed by atoms with Crippen LogP contribution in [-0.2, 0) is 4.79 Å². The first-order chi connectivity index (χ1) is 11.3. The van der Waals surface area contributed by atoms with Gasteiger partial charge in [-0.15, -0.1) is 5.10 Å². The Bertz CT molecular complexity index is 693. The summed E-state index contributed by atoms with van der Waals surface area (Å²) in [7, 11) is 0. The number of rotatable bonds is 6. The smallest absolute Gasteiger partial charge is 0.236 e. The number of hydrogen-bond donors (Lipinski definition) is 1. The van der Waals surface area contributed by atoms with Crippen LogP contribution in [0.15, 0.2) is 29.4 Å². The molecule has 7 heteroatoms. The maximum atomic E-state index is 13.8. The molecule has 5 nitrogen and oxygen atoms in total. The van der Waals surface area contributed by atoms with Crippen LogP contribution in [0.3, 0.4) is 0 Å². The van der Waals surface area contributed by atoms with Gasteiger partial charge in [-0.1, -0.05) is 23.9 Å². The molecule has 0 aliphatic heterocycles. The monoisotopic (exact) mass is 350 g/mol. The first kappa shape index (κ1) is 18.4. The van der Waals surface area contributed by atoms with E-state index in [9.17, 15) is 9.18 Å². The van der Waals surface area contributed by atoms with Crippen LogP contribution in [-0.4, -0.2) is 43.3 Å². The molecule has 1 aromatic carbocycles. The summed E-state index contributed by atoms with van der Waals surface area (Å²) < 4.78 is 13.8. The molecule has 2 rings (SSSR count). The standard InChI is InChI=1S/C17H23FN4OS/c1-10(2)22(11(3)4)16(23)12(5)24-17-19-15(20-21-17)13-8-6-7-9-14(13)18/h6-12H,1-5H3,(H,19,20,21)/t12-/m0/s1. The van der Waals surface area contributed by atoms with E-state index in [1.165, 1.54) is 17.8 Å². The maximum Gasteiger partial charge on any atom is 0.236 e. The molecule has 0 aliphatic carbocycles. The van der Waals surface area contributed by atoms with Crippen LogP contribution in [0.2, 0.25) is 0 Å². The molecule has 2 aromatic rings. The van der Waals surface area contributed by atoms with Crippen LogP contribution in [0, 0.1) is 5.82 Å². The lowest BCUT2D eigenvalue weighted by molar-refractivity contribution is -0.133. The minimum atomic E-state index is -0.361. The fraction of sp³-hybridized carbons (Fsp3) is 0.471. The van der Waals surface area contributed by atoms with Gasteiger partial charge in [-0.2, -0.15) is 0 Å². The van der Waals surface area contributed by atoms with E-state index in [1.54, 1.807) is 18.2 Å². The first-order valence-electron chi connectivity index (χ1n) is 7.97. The van der Waals surface area contributed by atoms with Crippen molar-refractivity contribution in [1.29, 1.82) is 0 Å². The van der Waals surface area contributed by atoms with Crippen molar-refractivity contribution in [1.82, 2.24) is 20.1 Å². The van der Waals surface area contributed by atoms with Gasteiger partial charge in [0.05, 0.1) is 10.8 Å². The lowest BCUT2D eigenvalue weighted by atomic mass is 10.2. The third kappa shape index (κ3) is 4.14. The van der Waals surface area contributed by atoms with Crippen molar-refractivity contribution in [3.05, 3.63) is 30.1 Å². The van der Waals surface area contributed by atoms with Gasteiger partial charge in [0.15, 0.2) is 5.82 Å². The normalized spacial score (nSPS) is 12.7. The molecular weight excluding hydrogens is 327 g/mol. The quantitative estimate of drug-likeness (QED) is 0.806. The molecule has 0 fully saturated rings. The third-order valence-corrected chi connectivity index (χ3v) is 4.54. The third-order valence-electron chi connectivity index (χ3n) is 3.59. The molecule has 0 spiro atoms. The molecule has 0 unspecified atom stereocenters. The average Bonchev–Trinajstić information content (AvgIpc) is 2.95. The molecule has 1 aromatic heterocycles. The van der Waals surface area contributed by atoms with E-state index in [0.717, 1.165) is 0 Å². The summed E-state index contributed by atoms with van der Waals surface area (Å²) in [6.07, 6.45) is 0. The predicted octanol–water partition coefficient (Wildman–Crippen LogP) is 3.74. The minimum absolute atomic E-state index is 0.0437. The summed E-state index contributed by atoms with van der Waals surface area (Å²) in [5.41, 5.74) is 0.363. The van der Waals surface area contributed by atoms with Crippen LogP contribution in [0.4, 0.5) is 4.39 Å². The summed E-state index contributed by atoms with van der Waals surface area (Å²) in [4.78, 5) is 18.8. The van der Waals surface area contributed by atoms with Crippen molar-refractivity contribution < 1.29 is 9.18 Å². The van der Waals surface area contributed by atoms with Gasteiger partial charge in [-0.25, -0.2) is 9.37 Å². The summed E-state index contributed by atoms with van der Waals surface area (Å²) in [6, 6.07) is 6.63. The number of halogens is 1. The molecule has 1 N–H and O–H groups in total. The largest absolute Gasteiger partial charge is 0.337 e. The number of aromatic amines is 1. The summed E-state index contributed by atoms with van der Waals surface area (Å²) in [5, 5.41) is 6.94. The van der Waals surface area contributed by atoms with Crippen LogP contribution >= 0.6 is 11.8 Å². The molecule has 0 radical (unpaired) electrons. The average molecular weight is 350 g/mol. The molecule has 1 amide bonds. The van der Waals surface area contributed by atoms with Gasteiger partial charge in [-0.3, -0.25) is 9.89 Å². The van der Waals surface area contributed by atoms with E-state index in [0.29, 0.717) is 16.5 Å². The van der Waals surface area contributed by atoms with Crippen LogP contribution in [0.5, 0.6) is 0 Å². The zero-order valence-electron chi connectivity index (χ0n) is 14.6. The molecule has 1 atom stereocenters. The van der Waals surface area contributed by atoms with E-state index in [4.69, 9.17) is 0 Å². The Labute approximate surface area is 146 Å². The van der Waals surface area contributed by atoms with E-state index < -0.39 is 0 Å². The second-order valence-corrected chi connectivity index (χ2v) is 7.45. The molecule has 0 aliphatic rings. The summed E-state index contributed by atoms with van der Waals surface area (Å²) >= 11 is 1.27. The van der Waals surface area contributed by atoms with Gasteiger partial charge < -0.3 is 4.90 Å². The van der Waals surface area contributed by atoms with Crippen molar-refractivity contribution >= 4 is 17.7 Å². The highest BCUT2D eigenvalue weighted by atomic mass is 32.2.